The number of halogens is 1. The second kappa shape index (κ2) is 7.06. The molecule has 2 heterocycles. The third-order valence-electron chi connectivity index (χ3n) is 4.25. The Kier molecular flexibility index (Phi) is 4.59. The summed E-state index contributed by atoms with van der Waals surface area (Å²) >= 11 is 7.42. The number of rotatable bonds is 4. The van der Waals surface area contributed by atoms with Gasteiger partial charge in [-0.25, -0.2) is 4.98 Å². The maximum Gasteiger partial charge on any atom is 0.265 e. The number of nitrogens with one attached hydrogen (secondary N) is 1. The molecule has 0 atom stereocenters. The van der Waals surface area contributed by atoms with E-state index in [4.69, 9.17) is 16.3 Å². The van der Waals surface area contributed by atoms with Crippen molar-refractivity contribution in [3.05, 3.63) is 64.5 Å². The fourth-order valence-electron chi connectivity index (χ4n) is 2.91. The number of anilines is 1. The number of nitrogens with zero attached hydrogens (tertiary/aromatic N) is 2. The highest BCUT2D eigenvalue weighted by atomic mass is 35.5. The molecule has 5 nitrogen and oxygen atoms in total. The molecule has 0 fully saturated rings. The number of carbonyl (C=O) groups is 1. The van der Waals surface area contributed by atoms with Crippen molar-refractivity contribution in [1.82, 2.24) is 9.55 Å². The van der Waals surface area contributed by atoms with E-state index < -0.39 is 0 Å². The van der Waals surface area contributed by atoms with Gasteiger partial charge in [-0.15, -0.1) is 11.3 Å². The number of carbonyl (C=O) groups excluding carboxylic acids is 1. The first-order chi connectivity index (χ1) is 13.1. The average molecular weight is 398 g/mol. The molecule has 0 saturated carbocycles. The monoisotopic (exact) mass is 397 g/mol. The van der Waals surface area contributed by atoms with E-state index >= 15 is 0 Å². The molecule has 0 aliphatic carbocycles. The molecule has 0 aliphatic heterocycles. The minimum atomic E-state index is -0.217. The van der Waals surface area contributed by atoms with E-state index in [1.807, 2.05) is 41.9 Å². The van der Waals surface area contributed by atoms with E-state index in [9.17, 15) is 4.79 Å². The van der Waals surface area contributed by atoms with Crippen LogP contribution in [0.25, 0.3) is 21.7 Å². The van der Waals surface area contributed by atoms with Crippen molar-refractivity contribution in [2.45, 2.75) is 0 Å². The number of para-hydroxylation sites is 2. The quantitative estimate of drug-likeness (QED) is 0.513. The lowest BCUT2D eigenvalue weighted by molar-refractivity contribution is 0.103. The molecule has 4 aromatic rings. The molecule has 1 amide bonds. The molecule has 4 rings (SSSR count). The Labute approximate surface area is 165 Å². The van der Waals surface area contributed by atoms with Crippen LogP contribution in [-0.4, -0.2) is 22.6 Å². The highest BCUT2D eigenvalue weighted by Gasteiger charge is 2.16. The fourth-order valence-corrected chi connectivity index (χ4v) is 4.01. The summed E-state index contributed by atoms with van der Waals surface area (Å²) < 4.78 is 7.31. The summed E-state index contributed by atoms with van der Waals surface area (Å²) in [6, 6.07) is 16.8. The second-order valence-electron chi connectivity index (χ2n) is 5.95. The molecule has 0 saturated heterocycles. The molecule has 0 aliphatic rings. The van der Waals surface area contributed by atoms with E-state index in [1.165, 1.54) is 11.3 Å². The topological polar surface area (TPSA) is 56.1 Å². The van der Waals surface area contributed by atoms with Crippen LogP contribution in [0.15, 0.2) is 54.6 Å². The number of thiophene rings is 1. The molecule has 1 N–H and O–H groups in total. The van der Waals surface area contributed by atoms with Crippen LogP contribution in [0, 0.1) is 0 Å². The van der Waals surface area contributed by atoms with Crippen molar-refractivity contribution in [3.63, 3.8) is 0 Å². The van der Waals surface area contributed by atoms with Crippen molar-refractivity contribution >= 4 is 45.6 Å². The number of hydrogen-bond acceptors (Lipinski definition) is 4. The van der Waals surface area contributed by atoms with Crippen molar-refractivity contribution in [2.75, 3.05) is 12.4 Å². The maximum absolute atomic E-state index is 12.7. The molecule has 7 heteroatoms. The van der Waals surface area contributed by atoms with Crippen molar-refractivity contribution in [3.8, 4) is 16.5 Å². The highest BCUT2D eigenvalue weighted by molar-refractivity contribution is 7.17. The normalized spacial score (nSPS) is 10.9. The van der Waals surface area contributed by atoms with Crippen LogP contribution in [0.3, 0.4) is 0 Å². The van der Waals surface area contributed by atoms with Crippen LogP contribution < -0.4 is 10.1 Å². The first-order valence-corrected chi connectivity index (χ1v) is 9.43. The van der Waals surface area contributed by atoms with Crippen molar-refractivity contribution < 1.29 is 9.53 Å². The number of amides is 1. The molecule has 2 aromatic heterocycles. The number of fused-ring (bicyclic) bond motifs is 1. The minimum absolute atomic E-state index is 0.217. The number of methoxy groups -OCH3 is 1. The lowest BCUT2D eigenvalue weighted by Gasteiger charge is -2.09. The Balaban J connectivity index is 1.63. The number of benzene rings is 2. The van der Waals surface area contributed by atoms with Gasteiger partial charge in [-0.3, -0.25) is 4.79 Å². The molecule has 0 bridgehead atoms. The molecular weight excluding hydrogens is 382 g/mol. The smallest absolute Gasteiger partial charge is 0.265 e. The summed E-state index contributed by atoms with van der Waals surface area (Å²) in [5.74, 6) is 1.17. The van der Waals surface area contributed by atoms with Crippen LogP contribution in [-0.2, 0) is 7.05 Å². The number of aromatic nitrogens is 2. The maximum atomic E-state index is 12.7. The van der Waals surface area contributed by atoms with Gasteiger partial charge in [0, 0.05) is 12.1 Å². The molecular formula is C20H16ClN3O2S. The van der Waals surface area contributed by atoms with Gasteiger partial charge in [0.25, 0.3) is 5.91 Å². The third-order valence-corrected chi connectivity index (χ3v) is 5.56. The van der Waals surface area contributed by atoms with Gasteiger partial charge in [-0.2, -0.15) is 0 Å². The molecule has 0 spiro atoms. The van der Waals surface area contributed by atoms with Gasteiger partial charge in [-0.05, 0) is 42.5 Å². The third kappa shape index (κ3) is 3.29. The average Bonchev–Trinajstić information content (AvgIpc) is 3.27. The van der Waals surface area contributed by atoms with E-state index in [-0.39, 0.29) is 5.91 Å². The molecule has 27 heavy (non-hydrogen) atoms. The molecule has 0 radical (unpaired) electrons. The van der Waals surface area contributed by atoms with E-state index in [0.717, 1.165) is 21.7 Å². The number of hydrogen-bond donors (Lipinski definition) is 1. The lowest BCUT2D eigenvalue weighted by Crippen LogP contribution is -2.11. The first-order valence-electron chi connectivity index (χ1n) is 8.23. The SMILES string of the molecule is COc1ccc(Cl)cc1NC(=O)c1ccc(-c2nc3ccccc3n2C)s1. The van der Waals surface area contributed by atoms with Crippen molar-refractivity contribution in [1.29, 1.82) is 0 Å². The van der Waals surface area contributed by atoms with Crippen LogP contribution in [0.2, 0.25) is 5.02 Å². The summed E-state index contributed by atoms with van der Waals surface area (Å²) in [4.78, 5) is 18.9. The summed E-state index contributed by atoms with van der Waals surface area (Å²) in [6.45, 7) is 0. The Morgan fingerprint density at radius 3 is 2.78 bits per heavy atom. The number of ether oxygens (including phenoxy) is 1. The van der Waals surface area contributed by atoms with Crippen LogP contribution in [0.4, 0.5) is 5.69 Å². The number of imidazole rings is 1. The summed E-state index contributed by atoms with van der Waals surface area (Å²) in [6.07, 6.45) is 0. The largest absolute Gasteiger partial charge is 0.495 e. The molecule has 0 unspecified atom stereocenters. The van der Waals surface area contributed by atoms with Gasteiger partial charge in [0.1, 0.15) is 5.75 Å². The predicted molar refractivity (Wildman–Crippen MR) is 110 cm³/mol. The van der Waals surface area contributed by atoms with Gasteiger partial charge in [0.2, 0.25) is 0 Å². The van der Waals surface area contributed by atoms with E-state index in [1.54, 1.807) is 31.4 Å². The second-order valence-corrected chi connectivity index (χ2v) is 7.47. The van der Waals surface area contributed by atoms with Gasteiger partial charge < -0.3 is 14.6 Å². The highest BCUT2D eigenvalue weighted by Crippen LogP contribution is 2.32. The Bertz CT molecular complexity index is 1150. The minimum Gasteiger partial charge on any atom is -0.495 e. The zero-order valence-electron chi connectivity index (χ0n) is 14.7. The first kappa shape index (κ1) is 17.6. The standard InChI is InChI=1S/C20H16ClN3O2S/c1-24-15-6-4-3-5-13(15)22-19(24)17-9-10-18(27-17)20(25)23-14-11-12(21)7-8-16(14)26-2/h3-11H,1-2H3,(H,23,25). The van der Waals surface area contributed by atoms with Gasteiger partial charge in [0.05, 0.1) is 33.6 Å². The van der Waals surface area contributed by atoms with E-state index in [0.29, 0.717) is 21.3 Å². The van der Waals surface area contributed by atoms with Gasteiger partial charge >= 0.3 is 0 Å². The van der Waals surface area contributed by atoms with Gasteiger partial charge in [0.15, 0.2) is 5.82 Å². The molecule has 136 valence electrons. The fraction of sp³-hybridized carbons (Fsp3) is 0.100. The van der Waals surface area contributed by atoms with Gasteiger partial charge in [-0.1, -0.05) is 23.7 Å². The van der Waals surface area contributed by atoms with E-state index in [2.05, 4.69) is 10.3 Å². The summed E-state index contributed by atoms with van der Waals surface area (Å²) in [5, 5.41) is 3.39. The van der Waals surface area contributed by atoms with Crippen molar-refractivity contribution in [2.24, 2.45) is 7.05 Å². The Morgan fingerprint density at radius 1 is 1.19 bits per heavy atom. The van der Waals surface area contributed by atoms with Crippen LogP contribution in [0.5, 0.6) is 5.75 Å². The zero-order valence-corrected chi connectivity index (χ0v) is 16.3. The summed E-state index contributed by atoms with van der Waals surface area (Å²) in [5.41, 5.74) is 2.52. The zero-order chi connectivity index (χ0) is 19.0. The lowest BCUT2D eigenvalue weighted by atomic mass is 10.3. The van der Waals surface area contributed by atoms with Crippen LogP contribution in [0.1, 0.15) is 9.67 Å². The Hall–Kier alpha value is -2.83. The number of aryl methyl sites for hydroxylation is 1. The Morgan fingerprint density at radius 2 is 2.00 bits per heavy atom. The predicted octanol–water partition coefficient (Wildman–Crippen LogP) is 5.22. The summed E-state index contributed by atoms with van der Waals surface area (Å²) in [7, 11) is 3.52. The molecule has 2 aromatic carbocycles. The van der Waals surface area contributed by atoms with Crippen LogP contribution >= 0.6 is 22.9 Å².